The Balaban J connectivity index is 1.61. The number of benzene rings is 2. The summed E-state index contributed by atoms with van der Waals surface area (Å²) in [5, 5.41) is 1.94. The molecule has 1 aliphatic heterocycles. The number of aryl methyl sites for hydroxylation is 1. The van der Waals surface area contributed by atoms with Crippen molar-refractivity contribution < 1.29 is 23.2 Å². The summed E-state index contributed by atoms with van der Waals surface area (Å²) < 4.78 is 26.8. The van der Waals surface area contributed by atoms with Gasteiger partial charge in [-0.3, -0.25) is 19.3 Å². The van der Waals surface area contributed by atoms with Gasteiger partial charge in [-0.2, -0.15) is 0 Å². The molecule has 3 amide bonds. The summed E-state index contributed by atoms with van der Waals surface area (Å²) in [5.41, 5.74) is 1.44. The van der Waals surface area contributed by atoms with Crippen LogP contribution >= 0.6 is 11.8 Å². The Bertz CT molecular complexity index is 974. The average molecular weight is 402 g/mol. The highest BCUT2D eigenvalue weighted by atomic mass is 32.2. The number of hydrogen-bond donors (Lipinski definition) is 1. The summed E-state index contributed by atoms with van der Waals surface area (Å²) in [6, 6.07) is 10.8. The predicted octanol–water partition coefficient (Wildman–Crippen LogP) is 3.74. The molecule has 5 nitrogen and oxygen atoms in total. The molecule has 144 valence electrons. The predicted molar refractivity (Wildman–Crippen MR) is 103 cm³/mol. The number of hydrogen-bond acceptors (Lipinski definition) is 4. The number of rotatable bonds is 5. The molecule has 0 aromatic heterocycles. The van der Waals surface area contributed by atoms with Gasteiger partial charge in [0.05, 0.1) is 10.5 Å². The minimum atomic E-state index is -1.24. The summed E-state index contributed by atoms with van der Waals surface area (Å²) in [6.07, 6.45) is 1.63. The van der Waals surface area contributed by atoms with E-state index in [9.17, 15) is 23.2 Å². The third-order valence-corrected chi connectivity index (χ3v) is 4.97. The van der Waals surface area contributed by atoms with Gasteiger partial charge in [-0.05, 0) is 42.5 Å². The zero-order valence-corrected chi connectivity index (χ0v) is 15.7. The van der Waals surface area contributed by atoms with Crippen molar-refractivity contribution in [2.24, 2.45) is 0 Å². The molecular weight excluding hydrogens is 386 g/mol. The Labute approximate surface area is 164 Å². The highest BCUT2D eigenvalue weighted by Gasteiger charge is 2.34. The Kier molecular flexibility index (Phi) is 5.89. The van der Waals surface area contributed by atoms with Crippen molar-refractivity contribution >= 4 is 34.9 Å². The van der Waals surface area contributed by atoms with Gasteiger partial charge in [0.15, 0.2) is 11.6 Å². The smallest absolute Gasteiger partial charge is 0.293 e. The first kappa shape index (κ1) is 19.8. The minimum absolute atomic E-state index is 0.0709. The maximum Gasteiger partial charge on any atom is 0.293 e. The number of nitrogens with zero attached hydrogens (tertiary/aromatic N) is 1. The SMILES string of the molecule is Cc1ccc(C=C2SC(=O)N(CCNC(=O)c3cccc(F)c3F)C2=O)cc1. The third kappa shape index (κ3) is 4.28. The monoisotopic (exact) mass is 402 g/mol. The molecule has 0 radical (unpaired) electrons. The zero-order chi connectivity index (χ0) is 20.3. The van der Waals surface area contributed by atoms with Crippen LogP contribution in [0.25, 0.3) is 6.08 Å². The van der Waals surface area contributed by atoms with Crippen LogP contribution in [0.4, 0.5) is 13.6 Å². The van der Waals surface area contributed by atoms with Crippen LogP contribution < -0.4 is 5.32 Å². The largest absolute Gasteiger partial charge is 0.350 e. The molecule has 0 bridgehead atoms. The Morgan fingerprint density at radius 1 is 1.14 bits per heavy atom. The number of carbonyl (C=O) groups is 3. The van der Waals surface area contributed by atoms with Crippen LogP contribution in [-0.2, 0) is 4.79 Å². The number of imide groups is 1. The van der Waals surface area contributed by atoms with E-state index in [0.29, 0.717) is 0 Å². The molecule has 1 aliphatic rings. The van der Waals surface area contributed by atoms with Crippen molar-refractivity contribution in [3.63, 3.8) is 0 Å². The van der Waals surface area contributed by atoms with Gasteiger partial charge >= 0.3 is 0 Å². The van der Waals surface area contributed by atoms with Crippen molar-refractivity contribution in [2.75, 3.05) is 13.1 Å². The van der Waals surface area contributed by atoms with E-state index in [2.05, 4.69) is 5.32 Å². The third-order valence-electron chi connectivity index (χ3n) is 4.07. The van der Waals surface area contributed by atoms with Crippen LogP contribution in [0, 0.1) is 18.6 Å². The quantitative estimate of drug-likeness (QED) is 0.774. The lowest BCUT2D eigenvalue weighted by atomic mass is 10.1. The summed E-state index contributed by atoms with van der Waals surface area (Å²) in [7, 11) is 0. The van der Waals surface area contributed by atoms with Crippen molar-refractivity contribution in [1.82, 2.24) is 10.2 Å². The molecule has 28 heavy (non-hydrogen) atoms. The highest BCUT2D eigenvalue weighted by Crippen LogP contribution is 2.31. The number of thioether (sulfide) groups is 1. The Hall–Kier alpha value is -3.00. The van der Waals surface area contributed by atoms with Gasteiger partial charge in [0.1, 0.15) is 0 Å². The van der Waals surface area contributed by atoms with E-state index in [-0.39, 0.29) is 18.0 Å². The van der Waals surface area contributed by atoms with Crippen molar-refractivity contribution in [3.8, 4) is 0 Å². The van der Waals surface area contributed by atoms with Crippen LogP contribution in [-0.4, -0.2) is 35.0 Å². The molecule has 3 rings (SSSR count). The molecule has 0 atom stereocenters. The number of halogens is 2. The molecular formula is C20H16F2N2O3S. The average Bonchev–Trinajstić information content (AvgIpc) is 2.93. The van der Waals surface area contributed by atoms with Gasteiger partial charge in [-0.25, -0.2) is 8.78 Å². The molecule has 0 unspecified atom stereocenters. The molecule has 0 saturated carbocycles. The standard InChI is InChI=1S/C20H16F2N2O3S/c1-12-5-7-13(8-6-12)11-16-19(26)24(20(27)28-16)10-9-23-18(25)14-3-2-4-15(21)17(14)22/h2-8,11H,9-10H2,1H3,(H,23,25). The summed E-state index contributed by atoms with van der Waals surface area (Å²) >= 11 is 0.817. The van der Waals surface area contributed by atoms with E-state index in [0.717, 1.165) is 39.9 Å². The van der Waals surface area contributed by atoms with Gasteiger partial charge in [0.2, 0.25) is 0 Å². The molecule has 2 aromatic rings. The molecule has 1 fully saturated rings. The van der Waals surface area contributed by atoms with Crippen molar-refractivity contribution in [3.05, 3.63) is 75.7 Å². The van der Waals surface area contributed by atoms with Gasteiger partial charge in [-0.15, -0.1) is 0 Å². The molecule has 1 saturated heterocycles. The van der Waals surface area contributed by atoms with E-state index in [1.54, 1.807) is 6.08 Å². The fourth-order valence-electron chi connectivity index (χ4n) is 2.56. The van der Waals surface area contributed by atoms with Gasteiger partial charge in [0.25, 0.3) is 17.1 Å². The first-order valence-corrected chi connectivity index (χ1v) is 9.22. The molecule has 0 spiro atoms. The van der Waals surface area contributed by atoms with Gasteiger partial charge in [-0.1, -0.05) is 35.9 Å². The van der Waals surface area contributed by atoms with Crippen LogP contribution in [0.15, 0.2) is 47.4 Å². The van der Waals surface area contributed by atoms with Crippen LogP contribution in [0.5, 0.6) is 0 Å². The maximum absolute atomic E-state index is 13.6. The zero-order valence-electron chi connectivity index (χ0n) is 14.9. The van der Waals surface area contributed by atoms with E-state index >= 15 is 0 Å². The summed E-state index contributed by atoms with van der Waals surface area (Å²) in [4.78, 5) is 37.8. The first-order chi connectivity index (χ1) is 13.4. The first-order valence-electron chi connectivity index (χ1n) is 8.41. The lowest BCUT2D eigenvalue weighted by Crippen LogP contribution is -2.37. The summed E-state index contributed by atoms with van der Waals surface area (Å²) in [6.45, 7) is 1.80. The topological polar surface area (TPSA) is 66.5 Å². The van der Waals surface area contributed by atoms with Gasteiger partial charge in [0, 0.05) is 13.1 Å². The van der Waals surface area contributed by atoms with E-state index in [4.69, 9.17) is 0 Å². The Morgan fingerprint density at radius 3 is 2.57 bits per heavy atom. The van der Waals surface area contributed by atoms with E-state index < -0.39 is 34.3 Å². The number of nitrogens with one attached hydrogen (secondary N) is 1. The molecule has 2 aromatic carbocycles. The lowest BCUT2D eigenvalue weighted by Gasteiger charge is -2.13. The minimum Gasteiger partial charge on any atom is -0.350 e. The van der Waals surface area contributed by atoms with Crippen LogP contribution in [0.2, 0.25) is 0 Å². The molecule has 1 heterocycles. The number of carbonyl (C=O) groups excluding carboxylic acids is 3. The second kappa shape index (κ2) is 8.35. The van der Waals surface area contributed by atoms with Gasteiger partial charge < -0.3 is 5.32 Å². The van der Waals surface area contributed by atoms with E-state index in [1.165, 1.54) is 6.07 Å². The van der Waals surface area contributed by atoms with Crippen molar-refractivity contribution in [2.45, 2.75) is 6.92 Å². The summed E-state index contributed by atoms with van der Waals surface area (Å²) in [5.74, 6) is -3.65. The molecule has 1 N–H and O–H groups in total. The van der Waals surface area contributed by atoms with Crippen LogP contribution in [0.3, 0.4) is 0 Å². The second-order valence-electron chi connectivity index (χ2n) is 6.10. The maximum atomic E-state index is 13.6. The highest BCUT2D eigenvalue weighted by molar-refractivity contribution is 8.18. The lowest BCUT2D eigenvalue weighted by molar-refractivity contribution is -0.122. The fraction of sp³-hybridized carbons (Fsp3) is 0.150. The van der Waals surface area contributed by atoms with Crippen LogP contribution in [0.1, 0.15) is 21.5 Å². The van der Waals surface area contributed by atoms with Crippen molar-refractivity contribution in [1.29, 1.82) is 0 Å². The van der Waals surface area contributed by atoms with E-state index in [1.807, 2.05) is 31.2 Å². The Morgan fingerprint density at radius 2 is 1.86 bits per heavy atom. The fourth-order valence-corrected chi connectivity index (χ4v) is 3.43. The molecule has 8 heteroatoms. The second-order valence-corrected chi connectivity index (χ2v) is 7.09. The normalized spacial score (nSPS) is 15.4. The number of amides is 3. The molecule has 0 aliphatic carbocycles.